The SMILES string of the molecule is CCNC(CCOCC(F)(F)F)c1ccc(OC)cc1F. The van der Waals surface area contributed by atoms with E-state index in [9.17, 15) is 17.6 Å². The molecule has 1 aromatic carbocycles. The van der Waals surface area contributed by atoms with Crippen LogP contribution in [-0.2, 0) is 4.74 Å². The molecule has 0 aliphatic carbocycles. The van der Waals surface area contributed by atoms with Crippen LogP contribution in [0.25, 0.3) is 0 Å². The summed E-state index contributed by atoms with van der Waals surface area (Å²) in [6, 6.07) is 4.01. The third-order valence-electron chi connectivity index (χ3n) is 2.85. The highest BCUT2D eigenvalue weighted by molar-refractivity contribution is 5.30. The zero-order chi connectivity index (χ0) is 15.9. The Morgan fingerprint density at radius 3 is 2.52 bits per heavy atom. The van der Waals surface area contributed by atoms with E-state index >= 15 is 0 Å². The van der Waals surface area contributed by atoms with Crippen molar-refractivity contribution >= 4 is 0 Å². The van der Waals surface area contributed by atoms with E-state index in [0.29, 0.717) is 17.9 Å². The van der Waals surface area contributed by atoms with Gasteiger partial charge in [0.05, 0.1) is 7.11 Å². The molecule has 0 fully saturated rings. The summed E-state index contributed by atoms with van der Waals surface area (Å²) in [5.74, 6) is -0.0732. The van der Waals surface area contributed by atoms with Crippen molar-refractivity contribution in [2.24, 2.45) is 0 Å². The van der Waals surface area contributed by atoms with E-state index < -0.39 is 24.6 Å². The van der Waals surface area contributed by atoms with Gasteiger partial charge >= 0.3 is 6.18 Å². The van der Waals surface area contributed by atoms with Crippen molar-refractivity contribution in [1.29, 1.82) is 0 Å². The molecule has 0 saturated carbocycles. The lowest BCUT2D eigenvalue weighted by molar-refractivity contribution is -0.174. The number of rotatable bonds is 8. The van der Waals surface area contributed by atoms with Crippen LogP contribution in [0.5, 0.6) is 5.75 Å². The van der Waals surface area contributed by atoms with Crippen molar-refractivity contribution in [3.8, 4) is 5.75 Å². The first-order valence-corrected chi connectivity index (χ1v) is 6.58. The lowest BCUT2D eigenvalue weighted by atomic mass is 10.0. The second kappa shape index (κ2) is 8.19. The topological polar surface area (TPSA) is 30.5 Å². The molecule has 0 radical (unpaired) electrons. The van der Waals surface area contributed by atoms with Gasteiger partial charge in [-0.2, -0.15) is 13.2 Å². The maximum atomic E-state index is 14.0. The summed E-state index contributed by atoms with van der Waals surface area (Å²) in [6.07, 6.45) is -4.10. The second-order valence-electron chi connectivity index (χ2n) is 4.45. The molecule has 0 amide bonds. The summed E-state index contributed by atoms with van der Waals surface area (Å²) in [5.41, 5.74) is 0.383. The van der Waals surface area contributed by atoms with Crippen molar-refractivity contribution in [2.75, 3.05) is 26.9 Å². The van der Waals surface area contributed by atoms with Gasteiger partial charge in [-0.25, -0.2) is 4.39 Å². The zero-order valence-electron chi connectivity index (χ0n) is 12.0. The average molecular weight is 309 g/mol. The van der Waals surface area contributed by atoms with Crippen molar-refractivity contribution in [3.63, 3.8) is 0 Å². The molecule has 0 aliphatic rings. The molecular weight excluding hydrogens is 290 g/mol. The van der Waals surface area contributed by atoms with Gasteiger partial charge in [0.1, 0.15) is 18.2 Å². The summed E-state index contributed by atoms with van der Waals surface area (Å²) < 4.78 is 59.4. The third kappa shape index (κ3) is 6.31. The van der Waals surface area contributed by atoms with Gasteiger partial charge < -0.3 is 14.8 Å². The Kier molecular flexibility index (Phi) is 6.91. The number of benzene rings is 1. The van der Waals surface area contributed by atoms with E-state index in [0.717, 1.165) is 0 Å². The summed E-state index contributed by atoms with van der Waals surface area (Å²) in [4.78, 5) is 0. The van der Waals surface area contributed by atoms with Gasteiger partial charge in [0.25, 0.3) is 0 Å². The Hall–Kier alpha value is -1.34. The predicted molar refractivity (Wildman–Crippen MR) is 70.9 cm³/mol. The molecule has 0 heterocycles. The van der Waals surface area contributed by atoms with Crippen LogP contribution in [0.15, 0.2) is 18.2 Å². The molecule has 0 aliphatic heterocycles. The standard InChI is InChI=1S/C14H19F4NO2/c1-3-19-13(6-7-21-9-14(16,17)18)11-5-4-10(20-2)8-12(11)15/h4-5,8,13,19H,3,6-7,9H2,1-2H3. The van der Waals surface area contributed by atoms with Crippen LogP contribution in [0.1, 0.15) is 24.9 Å². The molecule has 3 nitrogen and oxygen atoms in total. The van der Waals surface area contributed by atoms with Gasteiger partial charge in [-0.3, -0.25) is 0 Å². The molecule has 1 unspecified atom stereocenters. The van der Waals surface area contributed by atoms with Crippen LogP contribution < -0.4 is 10.1 Å². The number of hydrogen-bond acceptors (Lipinski definition) is 3. The Morgan fingerprint density at radius 2 is 2.00 bits per heavy atom. The van der Waals surface area contributed by atoms with Crippen LogP contribution >= 0.6 is 0 Å². The predicted octanol–water partition coefficient (Wildman–Crippen LogP) is 3.45. The van der Waals surface area contributed by atoms with Crippen LogP contribution in [-0.4, -0.2) is 33.0 Å². The van der Waals surface area contributed by atoms with Crippen LogP contribution in [0.2, 0.25) is 0 Å². The van der Waals surface area contributed by atoms with Gasteiger partial charge in [-0.05, 0) is 19.0 Å². The number of nitrogens with one attached hydrogen (secondary N) is 1. The molecule has 1 aromatic rings. The van der Waals surface area contributed by atoms with E-state index in [4.69, 9.17) is 4.74 Å². The first kappa shape index (κ1) is 17.7. The van der Waals surface area contributed by atoms with Gasteiger partial charge in [0, 0.05) is 24.3 Å². The quantitative estimate of drug-likeness (QED) is 0.589. The lowest BCUT2D eigenvalue weighted by Gasteiger charge is -2.19. The fourth-order valence-corrected chi connectivity index (χ4v) is 1.92. The number of hydrogen-bond donors (Lipinski definition) is 1. The summed E-state index contributed by atoms with van der Waals surface area (Å²) >= 11 is 0. The molecule has 21 heavy (non-hydrogen) atoms. The van der Waals surface area contributed by atoms with Crippen LogP contribution in [0.4, 0.5) is 17.6 Å². The number of alkyl halides is 3. The molecule has 1 atom stereocenters. The highest BCUT2D eigenvalue weighted by atomic mass is 19.4. The zero-order valence-corrected chi connectivity index (χ0v) is 12.0. The monoisotopic (exact) mass is 309 g/mol. The van der Waals surface area contributed by atoms with Crippen LogP contribution in [0.3, 0.4) is 0 Å². The molecule has 0 bridgehead atoms. The van der Waals surface area contributed by atoms with E-state index in [-0.39, 0.29) is 13.0 Å². The number of methoxy groups -OCH3 is 1. The molecule has 0 aromatic heterocycles. The number of halogens is 4. The summed E-state index contributed by atoms with van der Waals surface area (Å²) in [5, 5.41) is 3.03. The second-order valence-corrected chi connectivity index (χ2v) is 4.45. The van der Waals surface area contributed by atoms with Gasteiger partial charge in [0.2, 0.25) is 0 Å². The Labute approximate surface area is 121 Å². The highest BCUT2D eigenvalue weighted by Gasteiger charge is 2.27. The molecule has 1 rings (SSSR count). The number of ether oxygens (including phenoxy) is 2. The Balaban J connectivity index is 2.64. The minimum Gasteiger partial charge on any atom is -0.497 e. The third-order valence-corrected chi connectivity index (χ3v) is 2.85. The Morgan fingerprint density at radius 1 is 1.29 bits per heavy atom. The highest BCUT2D eigenvalue weighted by Crippen LogP contribution is 2.24. The minimum absolute atomic E-state index is 0.108. The summed E-state index contributed by atoms with van der Waals surface area (Å²) in [6.45, 7) is 1.000. The van der Waals surface area contributed by atoms with E-state index in [1.807, 2.05) is 6.92 Å². The lowest BCUT2D eigenvalue weighted by Crippen LogP contribution is -2.24. The van der Waals surface area contributed by atoms with Gasteiger partial charge in [-0.15, -0.1) is 0 Å². The first-order chi connectivity index (χ1) is 9.87. The van der Waals surface area contributed by atoms with Crippen molar-refractivity contribution in [1.82, 2.24) is 5.32 Å². The van der Waals surface area contributed by atoms with Crippen molar-refractivity contribution < 1.29 is 27.0 Å². The fourth-order valence-electron chi connectivity index (χ4n) is 1.92. The molecular formula is C14H19F4NO2. The van der Waals surface area contributed by atoms with E-state index in [1.54, 1.807) is 12.1 Å². The largest absolute Gasteiger partial charge is 0.497 e. The average Bonchev–Trinajstić information content (AvgIpc) is 2.41. The maximum absolute atomic E-state index is 14.0. The smallest absolute Gasteiger partial charge is 0.411 e. The minimum atomic E-state index is -4.35. The van der Waals surface area contributed by atoms with Crippen LogP contribution in [0, 0.1) is 5.82 Å². The van der Waals surface area contributed by atoms with Gasteiger partial charge in [0.15, 0.2) is 0 Å². The van der Waals surface area contributed by atoms with E-state index in [2.05, 4.69) is 10.1 Å². The van der Waals surface area contributed by atoms with Crippen molar-refractivity contribution in [2.45, 2.75) is 25.6 Å². The summed E-state index contributed by atoms with van der Waals surface area (Å²) in [7, 11) is 1.43. The van der Waals surface area contributed by atoms with E-state index in [1.165, 1.54) is 13.2 Å². The molecule has 7 heteroatoms. The van der Waals surface area contributed by atoms with Crippen molar-refractivity contribution in [3.05, 3.63) is 29.6 Å². The fraction of sp³-hybridized carbons (Fsp3) is 0.571. The molecule has 120 valence electrons. The molecule has 0 saturated heterocycles. The Bertz CT molecular complexity index is 437. The first-order valence-electron chi connectivity index (χ1n) is 6.58. The van der Waals surface area contributed by atoms with Gasteiger partial charge in [-0.1, -0.05) is 13.0 Å². The maximum Gasteiger partial charge on any atom is 0.411 e. The molecule has 0 spiro atoms. The molecule has 1 N–H and O–H groups in total. The normalized spacial score (nSPS) is 13.2.